The molecular formula is C16H24O4. The van der Waals surface area contributed by atoms with Gasteiger partial charge in [0.1, 0.15) is 0 Å². The van der Waals surface area contributed by atoms with E-state index in [1.165, 1.54) is 0 Å². The van der Waals surface area contributed by atoms with Crippen LogP contribution in [0, 0.1) is 23.7 Å². The summed E-state index contributed by atoms with van der Waals surface area (Å²) in [6.07, 6.45) is 5.77. The molecule has 20 heavy (non-hydrogen) atoms. The lowest BCUT2D eigenvalue weighted by molar-refractivity contribution is -0.153. The number of esters is 1. The average Bonchev–Trinajstić information content (AvgIpc) is 3.29. The molecule has 0 N–H and O–H groups in total. The molecule has 2 saturated carbocycles. The van der Waals surface area contributed by atoms with Crippen molar-refractivity contribution in [2.24, 2.45) is 23.7 Å². The molecule has 2 heterocycles. The van der Waals surface area contributed by atoms with Crippen molar-refractivity contribution in [1.29, 1.82) is 0 Å². The maximum atomic E-state index is 12.3. The predicted molar refractivity (Wildman–Crippen MR) is 72.1 cm³/mol. The smallest absolute Gasteiger partial charge is 0.309 e. The van der Waals surface area contributed by atoms with Crippen LogP contribution in [0.2, 0.25) is 0 Å². The third-order valence-corrected chi connectivity index (χ3v) is 5.84. The van der Waals surface area contributed by atoms with Gasteiger partial charge in [-0.2, -0.15) is 0 Å². The summed E-state index contributed by atoms with van der Waals surface area (Å²) in [6.45, 7) is 4.97. The molecule has 4 aliphatic rings. The van der Waals surface area contributed by atoms with E-state index in [0.29, 0.717) is 48.8 Å². The quantitative estimate of drug-likeness (QED) is 0.587. The second-order valence-corrected chi connectivity index (χ2v) is 7.32. The lowest BCUT2D eigenvalue weighted by Crippen LogP contribution is -2.33. The van der Waals surface area contributed by atoms with Gasteiger partial charge in [-0.3, -0.25) is 4.79 Å². The molecule has 2 aliphatic heterocycles. The van der Waals surface area contributed by atoms with Crippen molar-refractivity contribution in [3.63, 3.8) is 0 Å². The van der Waals surface area contributed by atoms with Crippen LogP contribution < -0.4 is 0 Å². The predicted octanol–water partition coefficient (Wildman–Crippen LogP) is 2.16. The molecule has 0 aromatic carbocycles. The van der Waals surface area contributed by atoms with Crippen molar-refractivity contribution in [1.82, 2.24) is 0 Å². The number of hydrogen-bond acceptors (Lipinski definition) is 4. The molecule has 112 valence electrons. The van der Waals surface area contributed by atoms with E-state index in [1.807, 2.05) is 0 Å². The maximum Gasteiger partial charge on any atom is 0.309 e. The Hall–Kier alpha value is -0.610. The Morgan fingerprint density at radius 1 is 0.950 bits per heavy atom. The Labute approximate surface area is 120 Å². The Bertz CT molecular complexity index is 409. The summed E-state index contributed by atoms with van der Waals surface area (Å²) in [5, 5.41) is 0. The van der Waals surface area contributed by atoms with E-state index in [9.17, 15) is 4.79 Å². The summed E-state index contributed by atoms with van der Waals surface area (Å²) in [5.41, 5.74) is 0. The summed E-state index contributed by atoms with van der Waals surface area (Å²) < 4.78 is 16.8. The van der Waals surface area contributed by atoms with Crippen LogP contribution in [-0.4, -0.2) is 37.0 Å². The first kappa shape index (κ1) is 13.1. The van der Waals surface area contributed by atoms with Gasteiger partial charge in [0.05, 0.1) is 36.9 Å². The third-order valence-electron chi connectivity index (χ3n) is 5.84. The Morgan fingerprint density at radius 3 is 2.30 bits per heavy atom. The normalized spacial score (nSPS) is 52.7. The molecular weight excluding hydrogens is 256 g/mol. The zero-order valence-electron chi connectivity index (χ0n) is 12.3. The van der Waals surface area contributed by atoms with Crippen LogP contribution in [0.1, 0.15) is 39.5 Å². The highest BCUT2D eigenvalue weighted by Gasteiger charge is 2.50. The Balaban J connectivity index is 1.29. The van der Waals surface area contributed by atoms with E-state index < -0.39 is 0 Å². The monoisotopic (exact) mass is 280 g/mol. The number of rotatable bonds is 3. The van der Waals surface area contributed by atoms with Crippen LogP contribution >= 0.6 is 0 Å². The van der Waals surface area contributed by atoms with E-state index in [1.54, 1.807) is 0 Å². The van der Waals surface area contributed by atoms with E-state index in [0.717, 1.165) is 25.7 Å². The summed E-state index contributed by atoms with van der Waals surface area (Å²) >= 11 is 0. The molecule has 0 spiro atoms. The zero-order chi connectivity index (χ0) is 13.9. The van der Waals surface area contributed by atoms with Crippen molar-refractivity contribution >= 4 is 5.97 Å². The highest BCUT2D eigenvalue weighted by molar-refractivity contribution is 5.73. The van der Waals surface area contributed by atoms with E-state index in [-0.39, 0.29) is 11.9 Å². The Morgan fingerprint density at radius 2 is 1.55 bits per heavy atom. The Kier molecular flexibility index (Phi) is 3.08. The van der Waals surface area contributed by atoms with Gasteiger partial charge in [-0.25, -0.2) is 0 Å². The first-order valence-corrected chi connectivity index (χ1v) is 8.09. The minimum atomic E-state index is -0.00233. The van der Waals surface area contributed by atoms with Gasteiger partial charge in [0.2, 0.25) is 0 Å². The van der Waals surface area contributed by atoms with Gasteiger partial charge >= 0.3 is 5.97 Å². The van der Waals surface area contributed by atoms with E-state index in [4.69, 9.17) is 14.2 Å². The van der Waals surface area contributed by atoms with Crippen molar-refractivity contribution in [2.75, 3.05) is 6.61 Å². The maximum absolute atomic E-state index is 12.3. The highest BCUT2D eigenvalue weighted by Crippen LogP contribution is 2.44. The standard InChI is InChI=1S/C16H24O4/c1-8-3-12-14(19-12)5-10(8)7-18-16(17)11-6-15-13(20-15)4-9(11)2/h8-15H,3-7H2,1-2H3/t8?,9?,10?,11?,12?,13-,14?,15?/m0/s1. The van der Waals surface area contributed by atoms with Crippen molar-refractivity contribution in [3.05, 3.63) is 0 Å². The number of ether oxygens (including phenoxy) is 3. The molecule has 0 amide bonds. The number of carbonyl (C=O) groups excluding carboxylic acids is 1. The zero-order valence-corrected chi connectivity index (χ0v) is 12.3. The van der Waals surface area contributed by atoms with Gasteiger partial charge < -0.3 is 14.2 Å². The molecule has 4 heteroatoms. The van der Waals surface area contributed by atoms with Crippen LogP contribution in [0.5, 0.6) is 0 Å². The minimum Gasteiger partial charge on any atom is -0.465 e. The fourth-order valence-corrected chi connectivity index (χ4v) is 4.15. The number of fused-ring (bicyclic) bond motifs is 2. The largest absolute Gasteiger partial charge is 0.465 e. The summed E-state index contributed by atoms with van der Waals surface area (Å²) in [7, 11) is 0. The number of hydrogen-bond donors (Lipinski definition) is 0. The topological polar surface area (TPSA) is 51.4 Å². The molecule has 0 aromatic rings. The van der Waals surface area contributed by atoms with Gasteiger partial charge in [-0.05, 0) is 43.4 Å². The first-order valence-electron chi connectivity index (χ1n) is 8.09. The van der Waals surface area contributed by atoms with Crippen LogP contribution in [-0.2, 0) is 19.0 Å². The fourth-order valence-electron chi connectivity index (χ4n) is 4.15. The van der Waals surface area contributed by atoms with Crippen molar-refractivity contribution in [3.8, 4) is 0 Å². The van der Waals surface area contributed by atoms with Crippen LogP contribution in [0.25, 0.3) is 0 Å². The summed E-state index contributed by atoms with van der Waals surface area (Å²) in [6, 6.07) is 0. The SMILES string of the molecule is CC1CC2OC2CC1COC(=O)C1CC2O[C@H]2CC1C. The van der Waals surface area contributed by atoms with Gasteiger partial charge in [-0.1, -0.05) is 13.8 Å². The van der Waals surface area contributed by atoms with Crippen molar-refractivity contribution < 1.29 is 19.0 Å². The van der Waals surface area contributed by atoms with Gasteiger partial charge in [0.25, 0.3) is 0 Å². The molecule has 4 rings (SSSR count). The van der Waals surface area contributed by atoms with E-state index >= 15 is 0 Å². The van der Waals surface area contributed by atoms with Gasteiger partial charge in [0.15, 0.2) is 0 Å². The molecule has 0 radical (unpaired) electrons. The lowest BCUT2D eigenvalue weighted by Gasteiger charge is -2.28. The molecule has 2 saturated heterocycles. The summed E-state index contributed by atoms with van der Waals surface area (Å²) in [4.78, 5) is 12.3. The first-order chi connectivity index (χ1) is 9.61. The minimum absolute atomic E-state index is 0.00233. The molecule has 8 atom stereocenters. The van der Waals surface area contributed by atoms with Crippen molar-refractivity contribution in [2.45, 2.75) is 63.9 Å². The lowest BCUT2D eigenvalue weighted by atomic mass is 9.80. The average molecular weight is 280 g/mol. The van der Waals surface area contributed by atoms with Gasteiger partial charge in [-0.15, -0.1) is 0 Å². The third kappa shape index (κ3) is 2.37. The van der Waals surface area contributed by atoms with Crippen LogP contribution in [0.15, 0.2) is 0 Å². The highest BCUT2D eigenvalue weighted by atomic mass is 16.6. The second kappa shape index (κ2) is 4.70. The van der Waals surface area contributed by atoms with Crippen LogP contribution in [0.3, 0.4) is 0 Å². The summed E-state index contributed by atoms with van der Waals surface area (Å²) in [5.74, 6) is 1.52. The van der Waals surface area contributed by atoms with E-state index in [2.05, 4.69) is 13.8 Å². The van der Waals surface area contributed by atoms with Gasteiger partial charge in [0, 0.05) is 0 Å². The molecule has 4 fully saturated rings. The molecule has 4 nitrogen and oxygen atoms in total. The number of epoxide rings is 2. The second-order valence-electron chi connectivity index (χ2n) is 7.32. The molecule has 2 aliphatic carbocycles. The molecule has 7 unspecified atom stereocenters. The molecule has 0 aromatic heterocycles. The molecule has 0 bridgehead atoms. The van der Waals surface area contributed by atoms with Crippen LogP contribution in [0.4, 0.5) is 0 Å². The fraction of sp³-hybridized carbons (Fsp3) is 0.938. The number of carbonyl (C=O) groups is 1.